The average Bonchev–Trinajstić information content (AvgIpc) is 2.58. The maximum atomic E-state index is 5.98. The zero-order chi connectivity index (χ0) is 13.0. The van der Waals surface area contributed by atoms with Gasteiger partial charge in [-0.3, -0.25) is 4.90 Å². The van der Waals surface area contributed by atoms with Gasteiger partial charge in [-0.25, -0.2) is 0 Å². The van der Waals surface area contributed by atoms with Crippen molar-refractivity contribution >= 4 is 27.3 Å². The van der Waals surface area contributed by atoms with E-state index in [1.54, 1.807) is 0 Å². The lowest BCUT2D eigenvalue weighted by molar-refractivity contribution is 0.159. The Kier molecular flexibility index (Phi) is 6.13. The molecule has 0 saturated heterocycles. The Labute approximate surface area is 117 Å². The SMILES string of the molecule is CCCN(C(C)C)C(CN)c1cc(Br)c(C)s1. The summed E-state index contributed by atoms with van der Waals surface area (Å²) in [5.41, 5.74) is 5.98. The second kappa shape index (κ2) is 6.88. The summed E-state index contributed by atoms with van der Waals surface area (Å²) in [4.78, 5) is 5.20. The molecule has 0 aliphatic rings. The zero-order valence-electron chi connectivity index (χ0n) is 11.2. The Morgan fingerprint density at radius 2 is 2.12 bits per heavy atom. The molecule has 0 aliphatic heterocycles. The van der Waals surface area contributed by atoms with Crippen LogP contribution in [0.15, 0.2) is 10.5 Å². The third-order valence-corrected chi connectivity index (χ3v) is 5.21. The number of hydrogen-bond donors (Lipinski definition) is 1. The molecule has 4 heteroatoms. The molecule has 0 bridgehead atoms. The lowest BCUT2D eigenvalue weighted by atomic mass is 10.1. The summed E-state index contributed by atoms with van der Waals surface area (Å²) in [5.74, 6) is 0. The van der Waals surface area contributed by atoms with Gasteiger partial charge in [0.05, 0.1) is 6.04 Å². The number of nitrogens with zero attached hydrogens (tertiary/aromatic N) is 1. The summed E-state index contributed by atoms with van der Waals surface area (Å²) in [6, 6.07) is 3.11. The molecule has 0 amide bonds. The van der Waals surface area contributed by atoms with Gasteiger partial charge < -0.3 is 5.73 Å². The fourth-order valence-electron chi connectivity index (χ4n) is 2.09. The second-order valence-electron chi connectivity index (χ2n) is 4.64. The van der Waals surface area contributed by atoms with Crippen LogP contribution in [0.2, 0.25) is 0 Å². The quantitative estimate of drug-likeness (QED) is 0.860. The molecule has 1 rings (SSSR count). The predicted octanol–water partition coefficient (Wildman–Crippen LogP) is 3.94. The molecule has 0 aliphatic carbocycles. The smallest absolute Gasteiger partial charge is 0.0567 e. The van der Waals surface area contributed by atoms with E-state index in [0.717, 1.165) is 6.54 Å². The topological polar surface area (TPSA) is 29.3 Å². The highest BCUT2D eigenvalue weighted by atomic mass is 79.9. The highest BCUT2D eigenvalue weighted by molar-refractivity contribution is 9.10. The summed E-state index contributed by atoms with van der Waals surface area (Å²) >= 11 is 5.44. The number of rotatable bonds is 6. The van der Waals surface area contributed by atoms with Crippen molar-refractivity contribution in [3.63, 3.8) is 0 Å². The van der Waals surface area contributed by atoms with E-state index in [2.05, 4.69) is 54.6 Å². The first-order valence-electron chi connectivity index (χ1n) is 6.22. The highest BCUT2D eigenvalue weighted by Gasteiger charge is 2.22. The van der Waals surface area contributed by atoms with Gasteiger partial charge in [-0.15, -0.1) is 11.3 Å². The number of aryl methyl sites for hydroxylation is 1. The minimum Gasteiger partial charge on any atom is -0.329 e. The van der Waals surface area contributed by atoms with Crippen molar-refractivity contribution < 1.29 is 0 Å². The third kappa shape index (κ3) is 3.78. The average molecular weight is 319 g/mol. The van der Waals surface area contributed by atoms with Crippen LogP contribution in [0, 0.1) is 6.92 Å². The summed E-state index contributed by atoms with van der Waals surface area (Å²) < 4.78 is 1.20. The molecule has 1 unspecified atom stereocenters. The molecule has 0 spiro atoms. The first-order valence-corrected chi connectivity index (χ1v) is 7.83. The first-order chi connectivity index (χ1) is 8.01. The molecule has 2 N–H and O–H groups in total. The van der Waals surface area contributed by atoms with Gasteiger partial charge in [-0.05, 0) is 55.7 Å². The Balaban J connectivity index is 2.95. The van der Waals surface area contributed by atoms with E-state index in [0.29, 0.717) is 18.6 Å². The molecule has 0 saturated carbocycles. The predicted molar refractivity (Wildman–Crippen MR) is 80.7 cm³/mol. The minimum absolute atomic E-state index is 0.352. The van der Waals surface area contributed by atoms with Gasteiger partial charge in [0.1, 0.15) is 0 Å². The van der Waals surface area contributed by atoms with Gasteiger partial charge in [-0.2, -0.15) is 0 Å². The lowest BCUT2D eigenvalue weighted by Gasteiger charge is -2.33. The van der Waals surface area contributed by atoms with E-state index in [4.69, 9.17) is 5.73 Å². The fraction of sp³-hybridized carbons (Fsp3) is 0.692. The standard InChI is InChI=1S/C13H23BrN2S/c1-5-6-16(9(2)3)12(8-15)13-7-11(14)10(4)17-13/h7,9,12H,5-6,8,15H2,1-4H3. The van der Waals surface area contributed by atoms with Gasteiger partial charge >= 0.3 is 0 Å². The van der Waals surface area contributed by atoms with Crippen LogP contribution in [0.4, 0.5) is 0 Å². The van der Waals surface area contributed by atoms with Crippen molar-refractivity contribution in [2.45, 2.75) is 46.2 Å². The van der Waals surface area contributed by atoms with E-state index in [9.17, 15) is 0 Å². The van der Waals surface area contributed by atoms with E-state index in [1.165, 1.54) is 20.6 Å². The molecule has 0 aromatic carbocycles. The van der Waals surface area contributed by atoms with Crippen LogP contribution < -0.4 is 5.73 Å². The largest absolute Gasteiger partial charge is 0.329 e. The third-order valence-electron chi connectivity index (χ3n) is 2.97. The van der Waals surface area contributed by atoms with E-state index in [1.807, 2.05) is 11.3 Å². The molecule has 98 valence electrons. The van der Waals surface area contributed by atoms with Crippen molar-refractivity contribution in [2.24, 2.45) is 5.73 Å². The summed E-state index contributed by atoms with van der Waals surface area (Å²) in [6.07, 6.45) is 1.17. The van der Waals surface area contributed by atoms with Crippen LogP contribution in [0.25, 0.3) is 0 Å². The van der Waals surface area contributed by atoms with E-state index >= 15 is 0 Å². The van der Waals surface area contributed by atoms with Crippen LogP contribution >= 0.6 is 27.3 Å². The van der Waals surface area contributed by atoms with Gasteiger partial charge in [0, 0.05) is 26.8 Å². The van der Waals surface area contributed by atoms with Crippen LogP contribution in [0.1, 0.15) is 43.0 Å². The fourth-order valence-corrected chi connectivity index (χ4v) is 3.79. The van der Waals surface area contributed by atoms with Crippen molar-refractivity contribution in [1.82, 2.24) is 4.90 Å². The van der Waals surface area contributed by atoms with Crippen molar-refractivity contribution in [3.05, 3.63) is 20.3 Å². The Hall–Kier alpha value is 0.1000. The summed E-state index contributed by atoms with van der Waals surface area (Å²) in [5, 5.41) is 0. The monoisotopic (exact) mass is 318 g/mol. The summed E-state index contributed by atoms with van der Waals surface area (Å²) in [7, 11) is 0. The maximum absolute atomic E-state index is 5.98. The number of hydrogen-bond acceptors (Lipinski definition) is 3. The van der Waals surface area contributed by atoms with Gasteiger partial charge in [-0.1, -0.05) is 6.92 Å². The van der Waals surface area contributed by atoms with Crippen LogP contribution in [-0.2, 0) is 0 Å². The molecule has 1 aromatic heterocycles. The van der Waals surface area contributed by atoms with Crippen LogP contribution in [0.3, 0.4) is 0 Å². The van der Waals surface area contributed by atoms with Crippen LogP contribution in [-0.4, -0.2) is 24.0 Å². The molecular formula is C13H23BrN2S. The van der Waals surface area contributed by atoms with Crippen LogP contribution in [0.5, 0.6) is 0 Å². The van der Waals surface area contributed by atoms with Crippen molar-refractivity contribution in [2.75, 3.05) is 13.1 Å². The van der Waals surface area contributed by atoms with E-state index < -0.39 is 0 Å². The zero-order valence-corrected chi connectivity index (χ0v) is 13.6. The molecular weight excluding hydrogens is 296 g/mol. The second-order valence-corrected chi connectivity index (χ2v) is 6.78. The minimum atomic E-state index is 0.352. The number of halogens is 1. The van der Waals surface area contributed by atoms with E-state index in [-0.39, 0.29) is 0 Å². The Morgan fingerprint density at radius 3 is 2.47 bits per heavy atom. The molecule has 1 atom stereocenters. The first kappa shape index (κ1) is 15.2. The van der Waals surface area contributed by atoms with Crippen molar-refractivity contribution in [3.8, 4) is 0 Å². The molecule has 0 fully saturated rings. The Bertz CT molecular complexity index is 330. The Morgan fingerprint density at radius 1 is 1.47 bits per heavy atom. The molecule has 0 radical (unpaired) electrons. The molecule has 1 heterocycles. The number of thiophene rings is 1. The van der Waals surface area contributed by atoms with Gasteiger partial charge in [0.2, 0.25) is 0 Å². The molecule has 1 aromatic rings. The molecule has 2 nitrogen and oxygen atoms in total. The van der Waals surface area contributed by atoms with Gasteiger partial charge in [0.25, 0.3) is 0 Å². The highest BCUT2D eigenvalue weighted by Crippen LogP contribution is 2.33. The van der Waals surface area contributed by atoms with Crippen molar-refractivity contribution in [1.29, 1.82) is 0 Å². The maximum Gasteiger partial charge on any atom is 0.0567 e. The van der Waals surface area contributed by atoms with Gasteiger partial charge in [0.15, 0.2) is 0 Å². The molecule has 17 heavy (non-hydrogen) atoms. The number of nitrogens with two attached hydrogens (primary N) is 1. The lowest BCUT2D eigenvalue weighted by Crippen LogP contribution is -2.38. The normalized spacial score (nSPS) is 13.6. The summed E-state index contributed by atoms with van der Waals surface area (Å²) in [6.45, 7) is 10.6.